The van der Waals surface area contributed by atoms with Gasteiger partial charge >= 0.3 is 0 Å². The molecule has 7 heteroatoms. The molecule has 0 aliphatic carbocycles. The number of nitrogens with one attached hydrogen (secondary N) is 1. The first-order valence-corrected chi connectivity index (χ1v) is 10.5. The molecule has 30 heavy (non-hydrogen) atoms. The van der Waals surface area contributed by atoms with Crippen molar-refractivity contribution in [2.45, 2.75) is 25.7 Å². The predicted molar refractivity (Wildman–Crippen MR) is 118 cm³/mol. The second-order valence-electron chi connectivity index (χ2n) is 6.91. The molecule has 0 atom stereocenters. The number of fused-ring (bicyclic) bond motifs is 1. The van der Waals surface area contributed by atoms with Crippen LogP contribution in [0.4, 0.5) is 5.69 Å². The summed E-state index contributed by atoms with van der Waals surface area (Å²) in [6.07, 6.45) is 0. The number of nitrogens with zero attached hydrogens (tertiary/aromatic N) is 2. The van der Waals surface area contributed by atoms with Gasteiger partial charge < -0.3 is 14.5 Å². The fourth-order valence-electron chi connectivity index (χ4n) is 2.94. The lowest BCUT2D eigenvalue weighted by molar-refractivity contribution is -0.113. The van der Waals surface area contributed by atoms with Crippen LogP contribution in [0.25, 0.3) is 10.8 Å². The van der Waals surface area contributed by atoms with Crippen LogP contribution >= 0.6 is 11.8 Å². The molecule has 1 amide bonds. The zero-order chi connectivity index (χ0) is 20.9. The van der Waals surface area contributed by atoms with E-state index in [0.717, 1.165) is 33.3 Å². The molecular formula is C23H21N3O3S. The Hall–Kier alpha value is -3.32. The summed E-state index contributed by atoms with van der Waals surface area (Å²) in [5, 5.41) is 13.5. The van der Waals surface area contributed by atoms with E-state index in [0.29, 0.717) is 11.1 Å². The Morgan fingerprint density at radius 3 is 2.73 bits per heavy atom. The van der Waals surface area contributed by atoms with Crippen LogP contribution in [0.5, 0.6) is 5.75 Å². The Balaban J connectivity index is 1.29. The molecule has 0 bridgehead atoms. The monoisotopic (exact) mass is 419 g/mol. The van der Waals surface area contributed by atoms with E-state index in [1.165, 1.54) is 11.8 Å². The van der Waals surface area contributed by atoms with Crippen LogP contribution in [0, 0.1) is 13.8 Å². The highest BCUT2D eigenvalue weighted by atomic mass is 32.2. The summed E-state index contributed by atoms with van der Waals surface area (Å²) in [7, 11) is 0. The molecule has 3 aromatic carbocycles. The zero-order valence-corrected chi connectivity index (χ0v) is 17.5. The van der Waals surface area contributed by atoms with Crippen molar-refractivity contribution in [1.29, 1.82) is 0 Å². The molecule has 1 N–H and O–H groups in total. The molecule has 0 unspecified atom stereocenters. The van der Waals surface area contributed by atoms with E-state index in [2.05, 4.69) is 21.6 Å². The third-order valence-electron chi connectivity index (χ3n) is 4.53. The maximum absolute atomic E-state index is 12.2. The Labute approximate surface area is 178 Å². The SMILES string of the molecule is Cc1ccc(C)c(NC(=O)CSc2nnc(COc3ccc4ccccc4c3)o2)c1. The first kappa shape index (κ1) is 20.0. The number of ether oxygens (including phenoxy) is 1. The summed E-state index contributed by atoms with van der Waals surface area (Å²) in [5.41, 5.74) is 2.93. The highest BCUT2D eigenvalue weighted by Gasteiger charge is 2.11. The van der Waals surface area contributed by atoms with Crippen LogP contribution in [0.3, 0.4) is 0 Å². The smallest absolute Gasteiger partial charge is 0.277 e. The molecule has 1 aromatic heterocycles. The van der Waals surface area contributed by atoms with E-state index in [-0.39, 0.29) is 18.3 Å². The normalized spacial score (nSPS) is 10.9. The Kier molecular flexibility index (Phi) is 5.99. The minimum absolute atomic E-state index is 0.124. The van der Waals surface area contributed by atoms with E-state index in [4.69, 9.17) is 9.15 Å². The van der Waals surface area contributed by atoms with Gasteiger partial charge in [0.05, 0.1) is 5.75 Å². The maximum Gasteiger partial charge on any atom is 0.277 e. The predicted octanol–water partition coefficient (Wildman–Crippen LogP) is 5.15. The molecular weight excluding hydrogens is 398 g/mol. The second-order valence-corrected chi connectivity index (χ2v) is 7.84. The van der Waals surface area contributed by atoms with Crippen LogP contribution in [0.2, 0.25) is 0 Å². The summed E-state index contributed by atoms with van der Waals surface area (Å²) < 4.78 is 11.3. The van der Waals surface area contributed by atoms with Gasteiger partial charge in [-0.1, -0.05) is 54.2 Å². The highest BCUT2D eigenvalue weighted by Crippen LogP contribution is 2.23. The van der Waals surface area contributed by atoms with Crippen LogP contribution < -0.4 is 10.1 Å². The minimum atomic E-state index is -0.124. The lowest BCUT2D eigenvalue weighted by Crippen LogP contribution is -2.14. The van der Waals surface area contributed by atoms with Gasteiger partial charge in [0.15, 0.2) is 6.61 Å². The van der Waals surface area contributed by atoms with E-state index in [9.17, 15) is 4.79 Å². The van der Waals surface area contributed by atoms with Crippen LogP contribution in [0.15, 0.2) is 70.3 Å². The number of anilines is 1. The Morgan fingerprint density at radius 2 is 1.87 bits per heavy atom. The molecule has 0 spiro atoms. The average molecular weight is 420 g/mol. The quantitative estimate of drug-likeness (QED) is 0.418. The number of aryl methyl sites for hydroxylation is 2. The zero-order valence-electron chi connectivity index (χ0n) is 16.7. The van der Waals surface area contributed by atoms with Crippen molar-refractivity contribution in [1.82, 2.24) is 10.2 Å². The third-order valence-corrected chi connectivity index (χ3v) is 5.34. The van der Waals surface area contributed by atoms with Crippen molar-refractivity contribution in [3.05, 3.63) is 77.7 Å². The maximum atomic E-state index is 12.2. The fourth-order valence-corrected chi connectivity index (χ4v) is 3.52. The molecule has 1 heterocycles. The van der Waals surface area contributed by atoms with Crippen LogP contribution in [0.1, 0.15) is 17.0 Å². The summed E-state index contributed by atoms with van der Waals surface area (Å²) in [4.78, 5) is 12.2. The number of rotatable bonds is 7. The molecule has 0 saturated heterocycles. The van der Waals surface area contributed by atoms with E-state index < -0.39 is 0 Å². The van der Waals surface area contributed by atoms with E-state index >= 15 is 0 Å². The lowest BCUT2D eigenvalue weighted by atomic mass is 10.1. The molecule has 4 aromatic rings. The fraction of sp³-hybridized carbons (Fsp3) is 0.174. The Bertz CT molecular complexity index is 1190. The van der Waals surface area contributed by atoms with Gasteiger partial charge in [-0.3, -0.25) is 4.79 Å². The van der Waals surface area contributed by atoms with Crippen molar-refractivity contribution in [3.63, 3.8) is 0 Å². The Morgan fingerprint density at radius 1 is 1.03 bits per heavy atom. The van der Waals surface area contributed by atoms with Crippen LogP contribution in [-0.4, -0.2) is 21.9 Å². The molecule has 6 nitrogen and oxygen atoms in total. The number of carbonyl (C=O) groups is 1. The van der Waals surface area contributed by atoms with Crippen LogP contribution in [-0.2, 0) is 11.4 Å². The van der Waals surface area contributed by atoms with Gasteiger partial charge in [-0.2, -0.15) is 0 Å². The van der Waals surface area contributed by atoms with Gasteiger partial charge in [-0.25, -0.2) is 0 Å². The van der Waals surface area contributed by atoms with Gasteiger partial charge in [0.1, 0.15) is 5.75 Å². The minimum Gasteiger partial charge on any atom is -0.484 e. The van der Waals surface area contributed by atoms with E-state index in [1.807, 2.05) is 68.4 Å². The largest absolute Gasteiger partial charge is 0.484 e. The van der Waals surface area contributed by atoms with Crippen molar-refractivity contribution in [3.8, 4) is 5.75 Å². The van der Waals surface area contributed by atoms with Crippen molar-refractivity contribution < 1.29 is 13.9 Å². The molecule has 0 radical (unpaired) electrons. The van der Waals surface area contributed by atoms with Gasteiger partial charge in [0.2, 0.25) is 5.91 Å². The molecule has 0 fully saturated rings. The first-order chi connectivity index (χ1) is 14.6. The van der Waals surface area contributed by atoms with Crippen molar-refractivity contribution >= 4 is 34.1 Å². The number of benzene rings is 3. The van der Waals surface area contributed by atoms with Crippen molar-refractivity contribution in [2.24, 2.45) is 0 Å². The lowest BCUT2D eigenvalue weighted by Gasteiger charge is -2.08. The molecule has 152 valence electrons. The summed E-state index contributed by atoms with van der Waals surface area (Å²) >= 11 is 1.19. The average Bonchev–Trinajstić information content (AvgIpc) is 3.21. The summed E-state index contributed by atoms with van der Waals surface area (Å²) in [5.74, 6) is 1.15. The van der Waals surface area contributed by atoms with Gasteiger partial charge in [-0.05, 0) is 53.9 Å². The molecule has 0 aliphatic heterocycles. The highest BCUT2D eigenvalue weighted by molar-refractivity contribution is 7.99. The first-order valence-electron chi connectivity index (χ1n) is 9.51. The third kappa shape index (κ3) is 4.99. The van der Waals surface area contributed by atoms with Gasteiger partial charge in [0.25, 0.3) is 11.1 Å². The second kappa shape index (κ2) is 9.00. The number of hydrogen-bond donors (Lipinski definition) is 1. The van der Waals surface area contributed by atoms with Crippen molar-refractivity contribution in [2.75, 3.05) is 11.1 Å². The molecule has 0 saturated carbocycles. The van der Waals surface area contributed by atoms with Gasteiger partial charge in [0, 0.05) is 5.69 Å². The number of thioether (sulfide) groups is 1. The number of amides is 1. The summed E-state index contributed by atoms with van der Waals surface area (Å²) in [6.45, 7) is 4.12. The number of carbonyl (C=O) groups excluding carboxylic acids is 1. The molecule has 0 aliphatic rings. The number of hydrogen-bond acceptors (Lipinski definition) is 6. The molecule has 4 rings (SSSR count). The van der Waals surface area contributed by atoms with Gasteiger partial charge in [-0.15, -0.1) is 10.2 Å². The number of aromatic nitrogens is 2. The standard InChI is InChI=1S/C23H21N3O3S/c1-15-7-8-16(2)20(11-15)24-21(27)14-30-23-26-25-22(29-23)13-28-19-10-9-17-5-3-4-6-18(17)12-19/h3-12H,13-14H2,1-2H3,(H,24,27). The topological polar surface area (TPSA) is 77.2 Å². The summed E-state index contributed by atoms with van der Waals surface area (Å²) in [6, 6.07) is 19.9. The van der Waals surface area contributed by atoms with E-state index in [1.54, 1.807) is 0 Å².